The van der Waals surface area contributed by atoms with Gasteiger partial charge in [0.25, 0.3) is 0 Å². The van der Waals surface area contributed by atoms with E-state index in [-0.39, 0.29) is 17.9 Å². The smallest absolute Gasteiger partial charge is 0.414 e. The van der Waals surface area contributed by atoms with Gasteiger partial charge in [-0.2, -0.15) is 0 Å². The van der Waals surface area contributed by atoms with Crippen LogP contribution in [0.15, 0.2) is 12.1 Å². The second-order valence-corrected chi connectivity index (χ2v) is 9.72. The number of piperidine rings is 1. The molecule has 0 spiro atoms. The molecule has 0 aromatic heterocycles. The lowest BCUT2D eigenvalue weighted by atomic mass is 9.74. The highest BCUT2D eigenvalue weighted by atomic mass is 19.1. The molecule has 1 N–H and O–H groups in total. The van der Waals surface area contributed by atoms with E-state index in [0.717, 1.165) is 37.9 Å². The van der Waals surface area contributed by atoms with Crippen LogP contribution in [0.2, 0.25) is 0 Å². The third-order valence-corrected chi connectivity index (χ3v) is 6.51. The monoisotopic (exact) mass is 417 g/mol. The van der Waals surface area contributed by atoms with Crippen molar-refractivity contribution in [1.82, 2.24) is 10.2 Å². The molecule has 2 fully saturated rings. The van der Waals surface area contributed by atoms with Crippen LogP contribution in [-0.2, 0) is 15.1 Å². The van der Waals surface area contributed by atoms with Gasteiger partial charge in [-0.1, -0.05) is 6.42 Å². The molecule has 0 radical (unpaired) electrons. The van der Waals surface area contributed by atoms with Crippen LogP contribution < -0.4 is 10.2 Å². The molecule has 1 aromatic rings. The number of hydrogen-bond donors (Lipinski definition) is 1. The second-order valence-electron chi connectivity index (χ2n) is 9.72. The van der Waals surface area contributed by atoms with Crippen LogP contribution in [0, 0.1) is 5.82 Å². The molecule has 164 valence electrons. The van der Waals surface area contributed by atoms with Gasteiger partial charge in [0.1, 0.15) is 17.0 Å². The maximum absolute atomic E-state index is 14.9. The van der Waals surface area contributed by atoms with Gasteiger partial charge in [0.05, 0.1) is 17.8 Å². The van der Waals surface area contributed by atoms with Crippen molar-refractivity contribution >= 4 is 17.6 Å². The largest absolute Gasteiger partial charge is 0.443 e. The topological polar surface area (TPSA) is 71.8 Å². The quantitative estimate of drug-likeness (QED) is 0.756. The molecular formula is C23H32FN3O3. The highest BCUT2D eigenvalue weighted by molar-refractivity contribution is 6.01. The van der Waals surface area contributed by atoms with Crippen molar-refractivity contribution < 1.29 is 18.7 Å². The number of nitrogens with zero attached hydrogens (tertiary/aromatic N) is 2. The first-order valence-corrected chi connectivity index (χ1v) is 11.0. The number of Topliss-reactive ketones (excluding diaryl/α,β-unsaturated/α-hetero) is 1. The Balaban J connectivity index is 1.84. The molecule has 30 heavy (non-hydrogen) atoms. The van der Waals surface area contributed by atoms with Gasteiger partial charge in [-0.15, -0.1) is 0 Å². The minimum atomic E-state index is -0.898. The predicted molar refractivity (Wildman–Crippen MR) is 113 cm³/mol. The summed E-state index contributed by atoms with van der Waals surface area (Å²) in [6, 6.07) is 2.42. The fourth-order valence-corrected chi connectivity index (χ4v) is 4.99. The highest BCUT2D eigenvalue weighted by Gasteiger charge is 2.60. The minimum absolute atomic E-state index is 0.0961. The summed E-state index contributed by atoms with van der Waals surface area (Å²) in [4.78, 5) is 30.0. The first-order valence-electron chi connectivity index (χ1n) is 11.0. The van der Waals surface area contributed by atoms with Crippen molar-refractivity contribution in [2.45, 2.75) is 77.1 Å². The summed E-state index contributed by atoms with van der Waals surface area (Å²) < 4.78 is 20.5. The van der Waals surface area contributed by atoms with Gasteiger partial charge < -0.3 is 4.74 Å². The Hall–Kier alpha value is -1.99. The van der Waals surface area contributed by atoms with Gasteiger partial charge in [0, 0.05) is 12.1 Å². The first-order chi connectivity index (χ1) is 14.1. The van der Waals surface area contributed by atoms with Crippen molar-refractivity contribution in [3.63, 3.8) is 0 Å². The second kappa shape index (κ2) is 7.31. The Labute approximate surface area is 177 Å². The number of benzene rings is 1. The zero-order valence-electron chi connectivity index (χ0n) is 18.5. The van der Waals surface area contributed by atoms with Crippen LogP contribution in [0.1, 0.15) is 71.0 Å². The molecule has 0 bridgehead atoms. The molecule has 3 aliphatic rings. The summed E-state index contributed by atoms with van der Waals surface area (Å²) in [6.45, 7) is 11.2. The summed E-state index contributed by atoms with van der Waals surface area (Å²) in [5.41, 5.74) is 0.471. The Morgan fingerprint density at radius 1 is 1.27 bits per heavy atom. The van der Waals surface area contributed by atoms with E-state index in [2.05, 4.69) is 10.2 Å². The van der Waals surface area contributed by atoms with E-state index in [9.17, 15) is 14.0 Å². The molecule has 1 aliphatic carbocycles. The molecule has 7 heteroatoms. The van der Waals surface area contributed by atoms with Crippen LogP contribution in [0.25, 0.3) is 0 Å². The average Bonchev–Trinajstić information content (AvgIpc) is 3.46. The maximum Gasteiger partial charge on any atom is 0.414 e. The van der Waals surface area contributed by atoms with Crippen LogP contribution in [0.4, 0.5) is 14.9 Å². The van der Waals surface area contributed by atoms with E-state index >= 15 is 0 Å². The number of ether oxygens (including phenoxy) is 1. The van der Waals surface area contributed by atoms with Crippen LogP contribution in [0.5, 0.6) is 0 Å². The zero-order chi connectivity index (χ0) is 21.8. The van der Waals surface area contributed by atoms with E-state index in [4.69, 9.17) is 4.74 Å². The van der Waals surface area contributed by atoms with Gasteiger partial charge in [-0.25, -0.2) is 9.18 Å². The number of carbonyl (C=O) groups excluding carboxylic acids is 2. The van der Waals surface area contributed by atoms with Crippen molar-refractivity contribution in [3.05, 3.63) is 29.1 Å². The lowest BCUT2D eigenvalue weighted by molar-refractivity contribution is -0.132. The number of nitrogens with one attached hydrogen (secondary N) is 1. The Morgan fingerprint density at radius 3 is 2.53 bits per heavy atom. The maximum atomic E-state index is 14.9. The van der Waals surface area contributed by atoms with E-state index in [0.29, 0.717) is 17.8 Å². The first kappa shape index (κ1) is 21.2. The Bertz CT molecular complexity index is 875. The van der Waals surface area contributed by atoms with Crippen molar-refractivity contribution in [2.24, 2.45) is 0 Å². The van der Waals surface area contributed by atoms with Gasteiger partial charge in [-0.05, 0) is 78.2 Å². The fraction of sp³-hybridized carbons (Fsp3) is 0.652. The molecule has 1 aromatic carbocycles. The summed E-state index contributed by atoms with van der Waals surface area (Å²) in [7, 11) is 0. The number of anilines is 1. The average molecular weight is 418 g/mol. The highest BCUT2D eigenvalue weighted by Crippen LogP contribution is 2.52. The van der Waals surface area contributed by atoms with Gasteiger partial charge in [0.2, 0.25) is 0 Å². The van der Waals surface area contributed by atoms with Crippen molar-refractivity contribution in [1.29, 1.82) is 0 Å². The van der Waals surface area contributed by atoms with Gasteiger partial charge in [0.15, 0.2) is 5.78 Å². The standard InChI is InChI=1S/C23H32FN3O3/c1-6-27(21(29)30-22(2,3)4)16-13-14(24)12-15-17(16)18-19(25-18)20(28)23(15,5)26-10-8-7-9-11-26/h12-13,18-19,25H,6-11H2,1-5H3. The molecule has 0 saturated carbocycles. The predicted octanol–water partition coefficient (Wildman–Crippen LogP) is 3.88. The third kappa shape index (κ3) is 3.42. The number of carbonyl (C=O) groups is 2. The summed E-state index contributed by atoms with van der Waals surface area (Å²) in [5.74, 6) is -0.348. The van der Waals surface area contributed by atoms with E-state index in [1.54, 1.807) is 0 Å². The van der Waals surface area contributed by atoms with Crippen LogP contribution in [-0.4, -0.2) is 48.1 Å². The molecule has 4 rings (SSSR count). The minimum Gasteiger partial charge on any atom is -0.443 e. The van der Waals surface area contributed by atoms with Gasteiger partial charge >= 0.3 is 6.09 Å². The summed E-state index contributed by atoms with van der Waals surface area (Å²) in [6.07, 6.45) is 2.70. The molecule has 2 saturated heterocycles. The number of rotatable bonds is 3. The fourth-order valence-electron chi connectivity index (χ4n) is 4.99. The third-order valence-electron chi connectivity index (χ3n) is 6.51. The lowest BCUT2D eigenvalue weighted by Crippen LogP contribution is -2.55. The Morgan fingerprint density at radius 2 is 1.93 bits per heavy atom. The number of halogens is 1. The Kier molecular flexibility index (Phi) is 5.18. The number of ketones is 1. The number of fused-ring (bicyclic) bond motifs is 3. The van der Waals surface area contributed by atoms with Crippen LogP contribution in [0.3, 0.4) is 0 Å². The normalized spacial score (nSPS) is 28.5. The molecule has 2 aliphatic heterocycles. The SMILES string of the molecule is CCN(C(=O)OC(C)(C)C)c1cc(F)cc2c1C1NC1C(=O)C2(C)N1CCCCC1. The summed E-state index contributed by atoms with van der Waals surface area (Å²) >= 11 is 0. The van der Waals surface area contributed by atoms with Crippen molar-refractivity contribution in [2.75, 3.05) is 24.5 Å². The van der Waals surface area contributed by atoms with Crippen molar-refractivity contribution in [3.8, 4) is 0 Å². The molecule has 3 unspecified atom stereocenters. The van der Waals surface area contributed by atoms with Crippen LogP contribution >= 0.6 is 0 Å². The number of likely N-dealkylation sites (tertiary alicyclic amines) is 1. The van der Waals surface area contributed by atoms with E-state index in [1.807, 2.05) is 34.6 Å². The number of hydrogen-bond acceptors (Lipinski definition) is 5. The molecule has 6 nitrogen and oxygen atoms in total. The number of amides is 1. The molecule has 1 amide bonds. The van der Waals surface area contributed by atoms with E-state index in [1.165, 1.54) is 17.0 Å². The molecular weight excluding hydrogens is 385 g/mol. The molecule has 3 atom stereocenters. The summed E-state index contributed by atoms with van der Waals surface area (Å²) in [5, 5.41) is 3.28. The van der Waals surface area contributed by atoms with E-state index < -0.39 is 23.1 Å². The molecule has 2 heterocycles. The zero-order valence-corrected chi connectivity index (χ0v) is 18.5. The van der Waals surface area contributed by atoms with Gasteiger partial charge in [-0.3, -0.25) is 19.9 Å². The lowest BCUT2D eigenvalue weighted by Gasteiger charge is -2.45.